The van der Waals surface area contributed by atoms with Gasteiger partial charge in [0.25, 0.3) is 5.91 Å². The van der Waals surface area contributed by atoms with Gasteiger partial charge in [0.05, 0.1) is 6.10 Å². The number of ether oxygens (including phenoxy) is 1. The average Bonchev–Trinajstić information content (AvgIpc) is 2.15. The van der Waals surface area contributed by atoms with Gasteiger partial charge in [-0.05, 0) is 12.8 Å². The summed E-state index contributed by atoms with van der Waals surface area (Å²) in [6.45, 7) is 2.70. The summed E-state index contributed by atoms with van der Waals surface area (Å²) >= 11 is 0. The van der Waals surface area contributed by atoms with Gasteiger partial charge in [0.1, 0.15) is 6.61 Å². The van der Waals surface area contributed by atoms with Crippen LogP contribution in [0.4, 0.5) is 0 Å². The highest BCUT2D eigenvalue weighted by atomic mass is 16.5. The first-order valence-electron chi connectivity index (χ1n) is 4.71. The fourth-order valence-electron chi connectivity index (χ4n) is 1.16. The largest absolute Gasteiger partial charge is 0.365 e. The van der Waals surface area contributed by atoms with Gasteiger partial charge in [0, 0.05) is 20.1 Å². The van der Waals surface area contributed by atoms with E-state index in [4.69, 9.17) is 4.74 Å². The lowest BCUT2D eigenvalue weighted by Crippen LogP contribution is -2.55. The van der Waals surface area contributed by atoms with E-state index in [0.29, 0.717) is 13.1 Å². The molecule has 0 spiro atoms. The van der Waals surface area contributed by atoms with Gasteiger partial charge in [-0.2, -0.15) is 0 Å². The van der Waals surface area contributed by atoms with Gasteiger partial charge in [0.2, 0.25) is 5.91 Å². The number of rotatable bonds is 3. The van der Waals surface area contributed by atoms with E-state index in [1.807, 2.05) is 0 Å². The van der Waals surface area contributed by atoms with Gasteiger partial charge >= 0.3 is 0 Å². The van der Waals surface area contributed by atoms with Crippen LogP contribution in [0.5, 0.6) is 0 Å². The van der Waals surface area contributed by atoms with E-state index >= 15 is 0 Å². The van der Waals surface area contributed by atoms with Crippen LogP contribution in [0.25, 0.3) is 0 Å². The third-order valence-corrected chi connectivity index (χ3v) is 2.10. The molecule has 0 aromatic rings. The maximum Gasteiger partial charge on any atom is 0.298 e. The van der Waals surface area contributed by atoms with Gasteiger partial charge in [0.15, 0.2) is 0 Å². The second-order valence-electron chi connectivity index (χ2n) is 3.19. The summed E-state index contributed by atoms with van der Waals surface area (Å²) in [5.74, 6) is 4.65. The van der Waals surface area contributed by atoms with Crippen LogP contribution in [0.15, 0.2) is 0 Å². The maximum absolute atomic E-state index is 11.2. The average molecular weight is 210 g/mol. The summed E-state index contributed by atoms with van der Waals surface area (Å²) in [7, 11) is 1.55. The molecule has 1 rings (SSSR count). The molecule has 1 aliphatic heterocycles. The number of nitrogens with zero attached hydrogens (tertiary/aromatic N) is 1. The number of carbonyl (C=O) groups excluding carboxylic acids is 2. The van der Waals surface area contributed by atoms with Crippen molar-refractivity contribution in [2.45, 2.75) is 13.0 Å². The summed E-state index contributed by atoms with van der Waals surface area (Å²) in [5, 5.41) is 2.46. The van der Waals surface area contributed by atoms with Crippen LogP contribution in [-0.2, 0) is 14.3 Å². The molecule has 0 bridgehead atoms. The van der Waals surface area contributed by atoms with Gasteiger partial charge < -0.3 is 15.0 Å². The van der Waals surface area contributed by atoms with Crippen LogP contribution in [0.3, 0.4) is 0 Å². The number of hydrogen-bond donors (Lipinski definition) is 1. The van der Waals surface area contributed by atoms with Crippen molar-refractivity contribution in [3.63, 3.8) is 0 Å². The van der Waals surface area contributed by atoms with Crippen molar-refractivity contribution in [1.82, 2.24) is 10.2 Å². The van der Waals surface area contributed by atoms with Crippen LogP contribution in [0.1, 0.15) is 6.92 Å². The smallest absolute Gasteiger partial charge is 0.298 e. The lowest BCUT2D eigenvalue weighted by molar-refractivity contribution is -0.142. The Morgan fingerprint density at radius 1 is 1.53 bits per heavy atom. The van der Waals surface area contributed by atoms with Crippen LogP contribution in [0.2, 0.25) is 0 Å². The molecule has 15 heavy (non-hydrogen) atoms. The first kappa shape index (κ1) is 11.5. The molecule has 0 saturated carbocycles. The van der Waals surface area contributed by atoms with Crippen molar-refractivity contribution < 1.29 is 14.3 Å². The Bertz CT molecular complexity index is 310. The molecule has 0 aliphatic carbocycles. The number of likely N-dealkylation sites (tertiary alicyclic amines) is 1. The molecule has 0 atom stereocenters. The van der Waals surface area contributed by atoms with Gasteiger partial charge in [-0.1, -0.05) is 5.92 Å². The topological polar surface area (TPSA) is 58.6 Å². The number of likely N-dealkylation sites (N-methyl/N-ethyl adjacent to an activating group) is 1. The Morgan fingerprint density at radius 3 is 2.73 bits per heavy atom. The van der Waals surface area contributed by atoms with Crippen LogP contribution in [-0.4, -0.2) is 49.6 Å². The Labute approximate surface area is 88.8 Å². The first-order valence-corrected chi connectivity index (χ1v) is 4.71. The van der Waals surface area contributed by atoms with Crippen LogP contribution < -0.4 is 5.32 Å². The molecule has 82 valence electrons. The molecule has 0 unspecified atom stereocenters. The Kier molecular flexibility index (Phi) is 4.13. The second kappa shape index (κ2) is 5.37. The van der Waals surface area contributed by atoms with Crippen LogP contribution in [0, 0.1) is 11.8 Å². The standard InChI is InChI=1S/C10H14N2O3/c1-3-4-10(14)12-5-8(6-12)15-7-9(13)11-2/h8H,5-7H2,1-2H3,(H,11,13). The minimum atomic E-state index is -0.183. The normalized spacial score (nSPS) is 14.9. The molecule has 5 heteroatoms. The highest BCUT2D eigenvalue weighted by Gasteiger charge is 2.30. The van der Waals surface area contributed by atoms with Crippen molar-refractivity contribution in [1.29, 1.82) is 0 Å². The molecule has 1 aliphatic rings. The fourth-order valence-corrected chi connectivity index (χ4v) is 1.16. The van der Waals surface area contributed by atoms with Crippen molar-refractivity contribution in [3.05, 3.63) is 0 Å². The minimum absolute atomic E-state index is 0.0371. The summed E-state index contributed by atoms with van der Waals surface area (Å²) in [6, 6.07) is 0. The lowest BCUT2D eigenvalue weighted by atomic mass is 10.1. The molecular formula is C10H14N2O3. The molecule has 2 amide bonds. The zero-order chi connectivity index (χ0) is 11.3. The number of amides is 2. The Hall–Kier alpha value is -1.54. The quantitative estimate of drug-likeness (QED) is 0.607. The van der Waals surface area contributed by atoms with Crippen molar-refractivity contribution in [3.8, 4) is 11.8 Å². The molecule has 1 N–H and O–H groups in total. The van der Waals surface area contributed by atoms with Gasteiger partial charge in [-0.3, -0.25) is 9.59 Å². The monoisotopic (exact) mass is 210 g/mol. The van der Waals surface area contributed by atoms with Crippen molar-refractivity contribution in [2.75, 3.05) is 26.7 Å². The van der Waals surface area contributed by atoms with Gasteiger partial charge in [-0.15, -0.1) is 0 Å². The molecule has 0 radical (unpaired) electrons. The van der Waals surface area contributed by atoms with Crippen LogP contribution >= 0.6 is 0 Å². The summed E-state index contributed by atoms with van der Waals surface area (Å²) in [6.07, 6.45) is -0.0371. The second-order valence-corrected chi connectivity index (χ2v) is 3.19. The summed E-state index contributed by atoms with van der Waals surface area (Å²) in [4.78, 5) is 23.6. The molecule has 0 aromatic carbocycles. The van der Waals surface area contributed by atoms with Crippen molar-refractivity contribution >= 4 is 11.8 Å². The molecule has 5 nitrogen and oxygen atoms in total. The van der Waals surface area contributed by atoms with E-state index in [2.05, 4.69) is 17.2 Å². The Morgan fingerprint density at radius 2 is 2.20 bits per heavy atom. The van der Waals surface area contributed by atoms with E-state index in [1.54, 1.807) is 18.9 Å². The molecule has 1 heterocycles. The molecule has 1 saturated heterocycles. The third kappa shape index (κ3) is 3.26. The third-order valence-electron chi connectivity index (χ3n) is 2.10. The summed E-state index contributed by atoms with van der Waals surface area (Å²) in [5.41, 5.74) is 0. The first-order chi connectivity index (χ1) is 7.17. The van der Waals surface area contributed by atoms with Crippen molar-refractivity contribution in [2.24, 2.45) is 0 Å². The maximum atomic E-state index is 11.2. The molecule has 1 fully saturated rings. The summed E-state index contributed by atoms with van der Waals surface area (Å²) < 4.78 is 5.24. The van der Waals surface area contributed by atoms with E-state index in [1.165, 1.54) is 0 Å². The van der Waals surface area contributed by atoms with E-state index in [-0.39, 0.29) is 24.5 Å². The fraction of sp³-hybridized carbons (Fsp3) is 0.600. The molecular weight excluding hydrogens is 196 g/mol. The minimum Gasteiger partial charge on any atom is -0.365 e. The number of carbonyl (C=O) groups is 2. The molecule has 0 aromatic heterocycles. The zero-order valence-corrected chi connectivity index (χ0v) is 8.87. The predicted molar refractivity (Wildman–Crippen MR) is 53.8 cm³/mol. The van der Waals surface area contributed by atoms with E-state index in [9.17, 15) is 9.59 Å². The highest BCUT2D eigenvalue weighted by Crippen LogP contribution is 2.11. The zero-order valence-electron chi connectivity index (χ0n) is 8.87. The van der Waals surface area contributed by atoms with E-state index < -0.39 is 0 Å². The highest BCUT2D eigenvalue weighted by molar-refractivity contribution is 5.94. The predicted octanol–water partition coefficient (Wildman–Crippen LogP) is -1.02. The Balaban J connectivity index is 2.17. The SMILES string of the molecule is CC#CC(=O)N1CC(OCC(=O)NC)C1. The van der Waals surface area contributed by atoms with E-state index in [0.717, 1.165) is 0 Å². The number of hydrogen-bond acceptors (Lipinski definition) is 3. The van der Waals surface area contributed by atoms with Gasteiger partial charge in [-0.25, -0.2) is 0 Å². The lowest BCUT2D eigenvalue weighted by Gasteiger charge is -2.37. The number of nitrogens with one attached hydrogen (secondary N) is 1.